The van der Waals surface area contributed by atoms with E-state index in [0.29, 0.717) is 6.04 Å². The van der Waals surface area contributed by atoms with Gasteiger partial charge in [0.05, 0.1) is 13.2 Å². The van der Waals surface area contributed by atoms with E-state index in [2.05, 4.69) is 5.32 Å². The molecule has 2 heterocycles. The number of ether oxygens (including phenoxy) is 1. The van der Waals surface area contributed by atoms with Crippen molar-refractivity contribution in [2.45, 2.75) is 18.1 Å². The molecule has 3 nitrogen and oxygen atoms in total. The van der Waals surface area contributed by atoms with Gasteiger partial charge in [-0.3, -0.25) is 0 Å². The fraction of sp³-hybridized carbons (Fsp3) is 1.00. The van der Waals surface area contributed by atoms with Crippen LogP contribution in [0.4, 0.5) is 0 Å². The third-order valence-electron chi connectivity index (χ3n) is 2.21. The smallest absolute Gasteiger partial charge is 0.105 e. The van der Waals surface area contributed by atoms with Gasteiger partial charge in [-0.1, -0.05) is 0 Å². The highest BCUT2D eigenvalue weighted by Crippen LogP contribution is 2.30. The molecule has 0 spiro atoms. The summed E-state index contributed by atoms with van der Waals surface area (Å²) in [4.78, 5) is 0. The fourth-order valence-electron chi connectivity index (χ4n) is 1.60. The lowest BCUT2D eigenvalue weighted by molar-refractivity contribution is -0.0432. The number of aliphatic hydroxyl groups excluding tert-OH is 1. The fourth-order valence-corrected chi connectivity index (χ4v) is 1.60. The average Bonchev–Trinajstić information content (AvgIpc) is 2.46. The molecule has 2 bridgehead atoms. The molecule has 0 aromatic rings. The molecule has 2 aliphatic rings. The first-order valence-corrected chi connectivity index (χ1v) is 3.33. The van der Waals surface area contributed by atoms with Crippen LogP contribution in [0.3, 0.4) is 0 Å². The molecule has 0 radical (unpaired) electrons. The molecule has 0 saturated carbocycles. The Bertz CT molecular complexity index is 118. The van der Waals surface area contributed by atoms with Gasteiger partial charge in [0.2, 0.25) is 0 Å². The van der Waals surface area contributed by atoms with E-state index in [9.17, 15) is 0 Å². The van der Waals surface area contributed by atoms with Crippen molar-refractivity contribution in [3.63, 3.8) is 0 Å². The van der Waals surface area contributed by atoms with E-state index in [1.807, 2.05) is 0 Å². The van der Waals surface area contributed by atoms with Gasteiger partial charge in [-0.2, -0.15) is 0 Å². The maximum atomic E-state index is 8.88. The lowest BCUT2D eigenvalue weighted by Crippen LogP contribution is -2.41. The summed E-state index contributed by atoms with van der Waals surface area (Å²) in [6, 6.07) is 0.511. The average molecular weight is 129 g/mol. The molecule has 0 unspecified atom stereocenters. The van der Waals surface area contributed by atoms with E-state index >= 15 is 0 Å². The molecule has 2 rings (SSSR count). The van der Waals surface area contributed by atoms with Crippen molar-refractivity contribution in [3.05, 3.63) is 0 Å². The summed E-state index contributed by atoms with van der Waals surface area (Å²) in [7, 11) is 0. The van der Waals surface area contributed by atoms with Gasteiger partial charge >= 0.3 is 0 Å². The van der Waals surface area contributed by atoms with E-state index in [4.69, 9.17) is 9.84 Å². The van der Waals surface area contributed by atoms with Crippen LogP contribution in [-0.4, -0.2) is 36.5 Å². The predicted molar refractivity (Wildman–Crippen MR) is 32.2 cm³/mol. The molecular weight excluding hydrogens is 118 g/mol. The zero-order valence-electron chi connectivity index (χ0n) is 5.26. The Labute approximate surface area is 54.0 Å². The second kappa shape index (κ2) is 1.68. The molecule has 0 aromatic heterocycles. The van der Waals surface area contributed by atoms with Gasteiger partial charge in [-0.25, -0.2) is 0 Å². The normalized spacial score (nSPS) is 48.3. The highest BCUT2D eigenvalue weighted by molar-refractivity contribution is 5.00. The summed E-state index contributed by atoms with van der Waals surface area (Å²) in [5.41, 5.74) is -0.204. The van der Waals surface area contributed by atoms with Crippen molar-refractivity contribution in [3.8, 4) is 0 Å². The predicted octanol–water partition coefficient (Wildman–Crippen LogP) is -0.890. The second-order valence-electron chi connectivity index (χ2n) is 2.93. The van der Waals surface area contributed by atoms with Crippen molar-refractivity contribution < 1.29 is 9.84 Å². The van der Waals surface area contributed by atoms with Gasteiger partial charge in [0.25, 0.3) is 0 Å². The van der Waals surface area contributed by atoms with Crippen LogP contribution < -0.4 is 5.32 Å². The van der Waals surface area contributed by atoms with Crippen LogP contribution in [0.25, 0.3) is 0 Å². The molecule has 52 valence electrons. The monoisotopic (exact) mass is 129 g/mol. The molecule has 0 aromatic carbocycles. The minimum atomic E-state index is -0.204. The van der Waals surface area contributed by atoms with Gasteiger partial charge in [-0.05, 0) is 6.42 Å². The largest absolute Gasteiger partial charge is 0.393 e. The van der Waals surface area contributed by atoms with E-state index < -0.39 is 0 Å². The molecule has 9 heavy (non-hydrogen) atoms. The lowest BCUT2D eigenvalue weighted by atomic mass is 10.1. The molecule has 2 N–H and O–H groups in total. The second-order valence-corrected chi connectivity index (χ2v) is 2.93. The minimum absolute atomic E-state index is 0.163. The number of hydrogen-bond acceptors (Lipinski definition) is 3. The summed E-state index contributed by atoms with van der Waals surface area (Å²) >= 11 is 0. The summed E-state index contributed by atoms with van der Waals surface area (Å²) in [5.74, 6) is 0. The number of rotatable bonds is 1. The van der Waals surface area contributed by atoms with E-state index in [1.54, 1.807) is 0 Å². The number of fused-ring (bicyclic) bond motifs is 2. The third-order valence-corrected chi connectivity index (χ3v) is 2.21. The Kier molecular flexibility index (Phi) is 1.06. The Morgan fingerprint density at radius 2 is 2.67 bits per heavy atom. The number of morpholine rings is 1. The van der Waals surface area contributed by atoms with Crippen LogP contribution in [0.15, 0.2) is 0 Å². The molecule has 0 aliphatic carbocycles. The van der Waals surface area contributed by atoms with Gasteiger partial charge in [0.15, 0.2) is 0 Å². The van der Waals surface area contributed by atoms with E-state index in [0.717, 1.165) is 19.6 Å². The van der Waals surface area contributed by atoms with Crippen LogP contribution >= 0.6 is 0 Å². The van der Waals surface area contributed by atoms with E-state index in [-0.39, 0.29) is 12.2 Å². The maximum Gasteiger partial charge on any atom is 0.105 e. The van der Waals surface area contributed by atoms with Crippen molar-refractivity contribution in [2.75, 3.05) is 19.8 Å². The quantitative estimate of drug-likeness (QED) is 0.482. The maximum absolute atomic E-state index is 8.88. The lowest BCUT2D eigenvalue weighted by Gasteiger charge is -2.23. The van der Waals surface area contributed by atoms with E-state index in [1.165, 1.54) is 0 Å². The molecule has 0 amide bonds. The Hall–Kier alpha value is -0.120. The van der Waals surface area contributed by atoms with Crippen molar-refractivity contribution in [2.24, 2.45) is 0 Å². The third kappa shape index (κ3) is 0.689. The zero-order valence-corrected chi connectivity index (χ0v) is 5.26. The van der Waals surface area contributed by atoms with Crippen molar-refractivity contribution >= 4 is 0 Å². The summed E-state index contributed by atoms with van der Waals surface area (Å²) in [6.45, 7) is 1.77. The van der Waals surface area contributed by atoms with Gasteiger partial charge in [0.1, 0.15) is 5.60 Å². The summed E-state index contributed by atoms with van der Waals surface area (Å²) < 4.78 is 5.38. The zero-order chi connectivity index (χ0) is 6.32. The molecule has 3 heteroatoms. The van der Waals surface area contributed by atoms with Crippen molar-refractivity contribution in [1.29, 1.82) is 0 Å². The number of aliphatic hydroxyl groups is 1. The highest BCUT2D eigenvalue weighted by atomic mass is 16.5. The Morgan fingerprint density at radius 1 is 1.78 bits per heavy atom. The van der Waals surface area contributed by atoms with Crippen LogP contribution in [0.2, 0.25) is 0 Å². The molecule has 2 saturated heterocycles. The molecular formula is C6H11NO2. The van der Waals surface area contributed by atoms with Gasteiger partial charge < -0.3 is 15.2 Å². The van der Waals surface area contributed by atoms with Gasteiger partial charge in [-0.15, -0.1) is 0 Å². The summed E-state index contributed by atoms with van der Waals surface area (Å²) in [5, 5.41) is 12.1. The number of hydrogen-bond donors (Lipinski definition) is 2. The SMILES string of the molecule is OC[C@@]12CN[C@@H](CO1)C2. The highest BCUT2D eigenvalue weighted by Gasteiger charge is 2.45. The van der Waals surface area contributed by atoms with Crippen LogP contribution in [0, 0.1) is 0 Å². The standard InChI is InChI=1S/C6H11NO2/c8-4-6-1-5(2-9-6)7-3-6/h5,7-8H,1-4H2/t5-,6-/m1/s1. The Balaban J connectivity index is 2.13. The first kappa shape index (κ1) is 5.65. The first-order chi connectivity index (χ1) is 4.35. The van der Waals surface area contributed by atoms with Gasteiger partial charge in [0, 0.05) is 12.6 Å². The topological polar surface area (TPSA) is 41.5 Å². The molecule has 2 atom stereocenters. The van der Waals surface area contributed by atoms with Crippen LogP contribution in [-0.2, 0) is 4.74 Å². The number of nitrogens with one attached hydrogen (secondary N) is 1. The first-order valence-electron chi connectivity index (χ1n) is 3.33. The Morgan fingerprint density at radius 3 is 2.89 bits per heavy atom. The van der Waals surface area contributed by atoms with Crippen LogP contribution in [0.5, 0.6) is 0 Å². The summed E-state index contributed by atoms with van der Waals surface area (Å²) in [6.07, 6.45) is 0.990. The van der Waals surface area contributed by atoms with Crippen molar-refractivity contribution in [1.82, 2.24) is 5.32 Å². The molecule has 2 aliphatic heterocycles. The molecule has 2 fully saturated rings. The minimum Gasteiger partial charge on any atom is -0.393 e. The van der Waals surface area contributed by atoms with Crippen LogP contribution in [0.1, 0.15) is 6.42 Å².